The molecule has 28 heavy (non-hydrogen) atoms. The van der Waals surface area contributed by atoms with Crippen LogP contribution in [0.3, 0.4) is 0 Å². The molecule has 0 unspecified atom stereocenters. The Morgan fingerprint density at radius 1 is 1.07 bits per heavy atom. The van der Waals surface area contributed by atoms with Gasteiger partial charge < -0.3 is 9.30 Å². The average Bonchev–Trinajstić information content (AvgIpc) is 3.10. The Morgan fingerprint density at radius 3 is 2.57 bits per heavy atom. The number of fused-ring (bicyclic) bond motifs is 1. The van der Waals surface area contributed by atoms with Crippen molar-refractivity contribution in [2.45, 2.75) is 6.54 Å². The molecule has 0 saturated carbocycles. The maximum Gasteiger partial charge on any atom is 0.337 e. The molecule has 0 atom stereocenters. The summed E-state index contributed by atoms with van der Waals surface area (Å²) in [4.78, 5) is 16.0. The zero-order valence-electron chi connectivity index (χ0n) is 15.0. The maximum atomic E-state index is 14.0. The van der Waals surface area contributed by atoms with Crippen molar-refractivity contribution < 1.29 is 18.3 Å². The van der Waals surface area contributed by atoms with E-state index in [1.807, 2.05) is 35.0 Å². The summed E-state index contributed by atoms with van der Waals surface area (Å²) in [5, 5.41) is 0.854. The van der Waals surface area contributed by atoms with Crippen molar-refractivity contribution in [2.24, 2.45) is 0 Å². The summed E-state index contributed by atoms with van der Waals surface area (Å²) in [5.74, 6) is -1.61. The van der Waals surface area contributed by atoms with E-state index in [2.05, 4.69) is 4.98 Å². The lowest BCUT2D eigenvalue weighted by Crippen LogP contribution is -2.03. The molecule has 0 bridgehead atoms. The van der Waals surface area contributed by atoms with E-state index in [0.29, 0.717) is 23.2 Å². The molecule has 4 nitrogen and oxygen atoms in total. The van der Waals surface area contributed by atoms with Crippen LogP contribution in [0.1, 0.15) is 15.9 Å². The molecule has 0 spiro atoms. The SMILES string of the molecule is COC(=O)c1ccc(Cn2ccc3cc(-c4ccc(F)cc4F)cnc32)cc1. The van der Waals surface area contributed by atoms with Crippen LogP contribution in [0.2, 0.25) is 0 Å². The molecule has 0 fully saturated rings. The number of rotatable bonds is 4. The predicted octanol–water partition coefficient (Wildman–Crippen LogP) is 4.82. The molecule has 2 heterocycles. The van der Waals surface area contributed by atoms with Gasteiger partial charge >= 0.3 is 5.97 Å². The Bertz CT molecular complexity index is 1170. The molecule has 4 rings (SSSR count). The van der Waals surface area contributed by atoms with Crippen LogP contribution in [-0.2, 0) is 11.3 Å². The van der Waals surface area contributed by atoms with Gasteiger partial charge in [0.1, 0.15) is 17.3 Å². The van der Waals surface area contributed by atoms with Crippen molar-refractivity contribution in [2.75, 3.05) is 7.11 Å². The summed E-state index contributed by atoms with van der Waals surface area (Å²) in [6.07, 6.45) is 3.48. The van der Waals surface area contributed by atoms with Crippen LogP contribution in [0.25, 0.3) is 22.2 Å². The normalized spacial score (nSPS) is 11.0. The lowest BCUT2D eigenvalue weighted by atomic mass is 10.1. The minimum Gasteiger partial charge on any atom is -0.465 e. The van der Waals surface area contributed by atoms with Gasteiger partial charge in [0.25, 0.3) is 0 Å². The smallest absolute Gasteiger partial charge is 0.337 e. The van der Waals surface area contributed by atoms with Crippen LogP contribution < -0.4 is 0 Å². The fourth-order valence-electron chi connectivity index (χ4n) is 3.14. The van der Waals surface area contributed by atoms with Gasteiger partial charge in [0.2, 0.25) is 0 Å². The third-order valence-electron chi connectivity index (χ3n) is 4.57. The fraction of sp³-hybridized carbons (Fsp3) is 0.0909. The molecule has 0 amide bonds. The third kappa shape index (κ3) is 3.36. The van der Waals surface area contributed by atoms with Crippen LogP contribution in [0.5, 0.6) is 0 Å². The van der Waals surface area contributed by atoms with E-state index in [1.165, 1.54) is 19.2 Å². The number of halogens is 2. The molecule has 6 heteroatoms. The van der Waals surface area contributed by atoms with Gasteiger partial charge in [0.15, 0.2) is 0 Å². The monoisotopic (exact) mass is 378 g/mol. The number of hydrogen-bond donors (Lipinski definition) is 0. The zero-order valence-corrected chi connectivity index (χ0v) is 15.0. The van der Waals surface area contributed by atoms with Crippen LogP contribution in [0.15, 0.2) is 67.0 Å². The second kappa shape index (κ2) is 7.23. The Balaban J connectivity index is 1.62. The average molecular weight is 378 g/mol. The molecular weight excluding hydrogens is 362 g/mol. The second-order valence-corrected chi connectivity index (χ2v) is 6.39. The summed E-state index contributed by atoms with van der Waals surface area (Å²) in [7, 11) is 1.35. The molecule has 0 aliphatic rings. The number of hydrogen-bond acceptors (Lipinski definition) is 3. The predicted molar refractivity (Wildman–Crippen MR) is 102 cm³/mol. The molecule has 0 saturated heterocycles. The number of carbonyl (C=O) groups is 1. The van der Waals surface area contributed by atoms with Gasteiger partial charge in [-0.3, -0.25) is 0 Å². The highest BCUT2D eigenvalue weighted by Crippen LogP contribution is 2.26. The van der Waals surface area contributed by atoms with Gasteiger partial charge in [-0.05, 0) is 42.0 Å². The Hall–Kier alpha value is -3.54. The topological polar surface area (TPSA) is 44.1 Å². The number of methoxy groups -OCH3 is 1. The summed E-state index contributed by atoms with van der Waals surface area (Å²) in [5.41, 5.74) is 3.14. The van der Waals surface area contributed by atoms with E-state index >= 15 is 0 Å². The molecule has 2 aromatic heterocycles. The first-order valence-corrected chi connectivity index (χ1v) is 8.63. The third-order valence-corrected chi connectivity index (χ3v) is 4.57. The number of benzene rings is 2. The first-order valence-electron chi connectivity index (χ1n) is 8.63. The minimum absolute atomic E-state index is 0.307. The quantitative estimate of drug-likeness (QED) is 0.479. The molecule has 0 aliphatic carbocycles. The summed E-state index contributed by atoms with van der Waals surface area (Å²) in [6, 6.07) is 14.4. The Kier molecular flexibility index (Phi) is 4.61. The summed E-state index contributed by atoms with van der Waals surface area (Å²) in [6.45, 7) is 0.572. The van der Waals surface area contributed by atoms with Crippen molar-refractivity contribution in [3.05, 3.63) is 89.8 Å². The summed E-state index contributed by atoms with van der Waals surface area (Å²) < 4.78 is 33.8. The van der Waals surface area contributed by atoms with Crippen molar-refractivity contribution >= 4 is 17.0 Å². The van der Waals surface area contributed by atoms with E-state index in [9.17, 15) is 13.6 Å². The molecule has 0 aliphatic heterocycles. The Labute approximate surface area is 160 Å². The maximum absolute atomic E-state index is 14.0. The highest BCUT2D eigenvalue weighted by atomic mass is 19.1. The van der Waals surface area contributed by atoms with E-state index in [1.54, 1.807) is 18.3 Å². The van der Waals surface area contributed by atoms with Crippen LogP contribution in [0, 0.1) is 11.6 Å². The number of pyridine rings is 1. The number of carbonyl (C=O) groups excluding carboxylic acids is 1. The number of aromatic nitrogens is 2. The highest BCUT2D eigenvalue weighted by molar-refractivity contribution is 5.89. The zero-order chi connectivity index (χ0) is 19.7. The van der Waals surface area contributed by atoms with Gasteiger partial charge in [0.05, 0.1) is 12.7 Å². The first kappa shape index (κ1) is 17.9. The van der Waals surface area contributed by atoms with Gasteiger partial charge in [-0.15, -0.1) is 0 Å². The van der Waals surface area contributed by atoms with Crippen molar-refractivity contribution in [3.63, 3.8) is 0 Å². The van der Waals surface area contributed by atoms with Crippen molar-refractivity contribution in [3.8, 4) is 11.1 Å². The minimum atomic E-state index is -0.619. The van der Waals surface area contributed by atoms with Crippen LogP contribution in [-0.4, -0.2) is 22.6 Å². The van der Waals surface area contributed by atoms with Gasteiger partial charge in [0, 0.05) is 41.5 Å². The first-order chi connectivity index (χ1) is 13.5. The van der Waals surface area contributed by atoms with E-state index in [0.717, 1.165) is 22.7 Å². The fourth-order valence-corrected chi connectivity index (χ4v) is 3.14. The summed E-state index contributed by atoms with van der Waals surface area (Å²) >= 11 is 0. The number of esters is 1. The van der Waals surface area contributed by atoms with E-state index < -0.39 is 11.6 Å². The number of ether oxygens (including phenoxy) is 1. The molecule has 4 aromatic rings. The molecule has 0 radical (unpaired) electrons. The molecule has 2 aromatic carbocycles. The van der Waals surface area contributed by atoms with Crippen molar-refractivity contribution in [1.82, 2.24) is 9.55 Å². The number of nitrogens with zero attached hydrogens (tertiary/aromatic N) is 2. The van der Waals surface area contributed by atoms with Crippen LogP contribution >= 0.6 is 0 Å². The van der Waals surface area contributed by atoms with Gasteiger partial charge in [-0.1, -0.05) is 12.1 Å². The van der Waals surface area contributed by atoms with E-state index in [4.69, 9.17) is 4.74 Å². The molecule has 140 valence electrons. The molecule has 0 N–H and O–H groups in total. The van der Waals surface area contributed by atoms with Crippen LogP contribution in [0.4, 0.5) is 8.78 Å². The lowest BCUT2D eigenvalue weighted by molar-refractivity contribution is 0.0600. The van der Waals surface area contributed by atoms with Gasteiger partial charge in [-0.2, -0.15) is 0 Å². The van der Waals surface area contributed by atoms with Crippen molar-refractivity contribution in [1.29, 1.82) is 0 Å². The standard InChI is InChI=1S/C22H16F2N2O2/c1-28-22(27)15-4-2-14(3-5-15)13-26-9-8-16-10-17(12-25-21(16)26)19-7-6-18(23)11-20(19)24/h2-12H,13H2,1H3. The second-order valence-electron chi connectivity index (χ2n) is 6.39. The largest absolute Gasteiger partial charge is 0.465 e. The Morgan fingerprint density at radius 2 is 1.86 bits per heavy atom. The lowest BCUT2D eigenvalue weighted by Gasteiger charge is -2.07. The van der Waals surface area contributed by atoms with E-state index in [-0.39, 0.29) is 5.97 Å². The van der Waals surface area contributed by atoms with Gasteiger partial charge in [-0.25, -0.2) is 18.6 Å². The molecular formula is C22H16F2N2O2. The highest BCUT2D eigenvalue weighted by Gasteiger charge is 2.10.